The second-order valence-corrected chi connectivity index (χ2v) is 12.4. The van der Waals surface area contributed by atoms with Crippen LogP contribution in [0.25, 0.3) is 92.4 Å². The molecule has 0 saturated heterocycles. The lowest BCUT2D eigenvalue weighted by Crippen LogP contribution is -2.02. The summed E-state index contributed by atoms with van der Waals surface area (Å²) in [4.78, 5) is 10.4. The highest BCUT2D eigenvalue weighted by molar-refractivity contribution is 7.27. The molecule has 10 aromatic rings. The maximum atomic E-state index is 6.73. The summed E-state index contributed by atoms with van der Waals surface area (Å²) in [6, 6.07) is 48.5. The summed E-state index contributed by atoms with van der Waals surface area (Å²) < 4.78 is 11.5. The number of para-hydroxylation sites is 2. The Balaban J connectivity index is 1.45. The Morgan fingerprint density at radius 3 is 2.04 bits per heavy atom. The van der Waals surface area contributed by atoms with Crippen LogP contribution >= 0.6 is 11.3 Å². The fraction of sp³-hybridized carbons (Fsp3) is 0. The second-order valence-electron chi connectivity index (χ2n) is 11.3. The van der Waals surface area contributed by atoms with E-state index in [0.717, 1.165) is 61.0 Å². The lowest BCUT2D eigenvalue weighted by molar-refractivity contribution is 0.673. The van der Waals surface area contributed by atoms with Crippen molar-refractivity contribution in [2.24, 2.45) is 0 Å². The summed E-state index contributed by atoms with van der Waals surface area (Å²) in [5.41, 5.74) is 6.99. The first-order chi connectivity index (χ1) is 22.3. The summed E-state index contributed by atoms with van der Waals surface area (Å²) in [5, 5.41) is 6.98. The standard InChI is InChI=1S/C40H23N3OS/c1-3-13-24(14-4-1)29-23-33(42-40(41-29)25-15-5-2-6-16-25)43-30-20-10-7-17-26(30)34-35-27-18-8-11-21-31(27)44-38(35)36-28-19-9-12-22-32(28)45-39(36)37(34)43/h1-23H. The number of benzene rings is 6. The van der Waals surface area contributed by atoms with Crippen LogP contribution < -0.4 is 0 Å². The van der Waals surface area contributed by atoms with Crippen molar-refractivity contribution in [2.75, 3.05) is 0 Å². The molecule has 10 rings (SSSR count). The molecule has 4 heterocycles. The van der Waals surface area contributed by atoms with Crippen LogP contribution in [0.3, 0.4) is 0 Å². The van der Waals surface area contributed by atoms with Gasteiger partial charge < -0.3 is 4.42 Å². The Morgan fingerprint density at radius 2 is 1.22 bits per heavy atom. The van der Waals surface area contributed by atoms with Gasteiger partial charge in [-0.1, -0.05) is 115 Å². The number of hydrogen-bond acceptors (Lipinski definition) is 4. The monoisotopic (exact) mass is 593 g/mol. The van der Waals surface area contributed by atoms with Crippen molar-refractivity contribution >= 4 is 75.3 Å². The quantitative estimate of drug-likeness (QED) is 0.205. The zero-order chi connectivity index (χ0) is 29.5. The van der Waals surface area contributed by atoms with E-state index in [1.807, 2.05) is 41.7 Å². The molecule has 0 aliphatic carbocycles. The summed E-state index contributed by atoms with van der Waals surface area (Å²) in [7, 11) is 0. The Hall–Kier alpha value is -5.78. The molecule has 6 aromatic carbocycles. The average molecular weight is 594 g/mol. The predicted octanol–water partition coefficient (Wildman–Crippen LogP) is 11.2. The molecule has 4 nitrogen and oxygen atoms in total. The first-order valence-electron chi connectivity index (χ1n) is 15.0. The van der Waals surface area contributed by atoms with Crippen molar-refractivity contribution in [1.82, 2.24) is 14.5 Å². The molecule has 45 heavy (non-hydrogen) atoms. The van der Waals surface area contributed by atoms with Crippen LogP contribution in [0, 0.1) is 0 Å². The van der Waals surface area contributed by atoms with Gasteiger partial charge in [-0.3, -0.25) is 4.57 Å². The van der Waals surface area contributed by atoms with Gasteiger partial charge in [0.25, 0.3) is 0 Å². The molecule has 0 amide bonds. The molecule has 0 fully saturated rings. The maximum Gasteiger partial charge on any atom is 0.162 e. The zero-order valence-corrected chi connectivity index (χ0v) is 24.8. The van der Waals surface area contributed by atoms with Crippen molar-refractivity contribution in [3.8, 4) is 28.5 Å². The molecule has 5 heteroatoms. The Bertz CT molecular complexity index is 2700. The molecule has 0 radical (unpaired) electrons. The summed E-state index contributed by atoms with van der Waals surface area (Å²) >= 11 is 1.82. The van der Waals surface area contributed by atoms with Crippen LogP contribution in [0.15, 0.2) is 144 Å². The molecule has 0 bridgehead atoms. The van der Waals surface area contributed by atoms with E-state index >= 15 is 0 Å². The molecule has 0 unspecified atom stereocenters. The van der Waals surface area contributed by atoms with E-state index in [1.165, 1.54) is 25.6 Å². The van der Waals surface area contributed by atoms with E-state index in [-0.39, 0.29) is 0 Å². The fourth-order valence-corrected chi connectivity index (χ4v) is 8.12. The summed E-state index contributed by atoms with van der Waals surface area (Å²) in [6.07, 6.45) is 0. The van der Waals surface area contributed by atoms with Gasteiger partial charge in [-0.15, -0.1) is 11.3 Å². The zero-order valence-electron chi connectivity index (χ0n) is 23.9. The predicted molar refractivity (Wildman–Crippen MR) is 187 cm³/mol. The smallest absolute Gasteiger partial charge is 0.162 e. The van der Waals surface area contributed by atoms with Gasteiger partial charge in [0.15, 0.2) is 5.82 Å². The van der Waals surface area contributed by atoms with Crippen LogP contribution in [0.2, 0.25) is 0 Å². The number of rotatable bonds is 3. The summed E-state index contributed by atoms with van der Waals surface area (Å²) in [6.45, 7) is 0. The van der Waals surface area contributed by atoms with Crippen LogP contribution in [0.5, 0.6) is 0 Å². The maximum absolute atomic E-state index is 6.73. The highest BCUT2D eigenvalue weighted by Gasteiger charge is 2.26. The fourth-order valence-electron chi connectivity index (χ4n) is 6.88. The number of nitrogens with zero attached hydrogens (tertiary/aromatic N) is 3. The van der Waals surface area contributed by atoms with E-state index in [2.05, 4.69) is 114 Å². The van der Waals surface area contributed by atoms with Gasteiger partial charge in [-0.2, -0.15) is 0 Å². The number of aromatic nitrogens is 3. The molecule has 210 valence electrons. The van der Waals surface area contributed by atoms with Gasteiger partial charge in [-0.25, -0.2) is 9.97 Å². The number of hydrogen-bond donors (Lipinski definition) is 0. The number of fused-ring (bicyclic) bond motifs is 12. The SMILES string of the molecule is c1ccc(-c2cc(-n3c4ccccc4c4c5c6ccccc6oc5c5c6ccccc6sc5c43)nc(-c3ccccc3)n2)cc1. The molecule has 0 aliphatic rings. The van der Waals surface area contributed by atoms with Crippen LogP contribution in [-0.2, 0) is 0 Å². The van der Waals surface area contributed by atoms with Gasteiger partial charge in [0, 0.05) is 54.2 Å². The van der Waals surface area contributed by atoms with E-state index in [9.17, 15) is 0 Å². The van der Waals surface area contributed by atoms with Crippen molar-refractivity contribution in [1.29, 1.82) is 0 Å². The third-order valence-corrected chi connectivity index (χ3v) is 9.98. The minimum atomic E-state index is 0.695. The molecule has 0 saturated carbocycles. The van der Waals surface area contributed by atoms with Crippen LogP contribution in [0.1, 0.15) is 0 Å². The topological polar surface area (TPSA) is 43.9 Å². The molecule has 0 N–H and O–H groups in total. The van der Waals surface area contributed by atoms with E-state index in [0.29, 0.717) is 5.82 Å². The van der Waals surface area contributed by atoms with Crippen LogP contribution in [-0.4, -0.2) is 14.5 Å². The Kier molecular flexibility index (Phi) is 5.12. The molecular weight excluding hydrogens is 571 g/mol. The van der Waals surface area contributed by atoms with Gasteiger partial charge in [0.05, 0.1) is 21.4 Å². The van der Waals surface area contributed by atoms with Crippen molar-refractivity contribution in [2.45, 2.75) is 0 Å². The van der Waals surface area contributed by atoms with Crippen LogP contribution in [0.4, 0.5) is 0 Å². The third-order valence-electron chi connectivity index (χ3n) is 8.80. The largest absolute Gasteiger partial charge is 0.455 e. The van der Waals surface area contributed by atoms with E-state index in [1.54, 1.807) is 0 Å². The van der Waals surface area contributed by atoms with Gasteiger partial charge in [0.2, 0.25) is 0 Å². The summed E-state index contributed by atoms with van der Waals surface area (Å²) in [5.74, 6) is 1.53. The normalized spacial score (nSPS) is 12.0. The van der Waals surface area contributed by atoms with Crippen molar-refractivity contribution in [3.05, 3.63) is 140 Å². The van der Waals surface area contributed by atoms with Crippen molar-refractivity contribution in [3.63, 3.8) is 0 Å². The molecule has 4 aromatic heterocycles. The molecular formula is C40H23N3OS. The Labute approximate surface area is 261 Å². The van der Waals surface area contributed by atoms with E-state index in [4.69, 9.17) is 14.4 Å². The van der Waals surface area contributed by atoms with Crippen molar-refractivity contribution < 1.29 is 4.42 Å². The minimum Gasteiger partial charge on any atom is -0.455 e. The highest BCUT2D eigenvalue weighted by Crippen LogP contribution is 2.50. The highest BCUT2D eigenvalue weighted by atomic mass is 32.1. The lowest BCUT2D eigenvalue weighted by atomic mass is 10.0. The lowest BCUT2D eigenvalue weighted by Gasteiger charge is -2.12. The molecule has 0 aliphatic heterocycles. The number of furan rings is 1. The first kappa shape index (κ1) is 24.6. The third kappa shape index (κ3) is 3.53. The van der Waals surface area contributed by atoms with Gasteiger partial charge >= 0.3 is 0 Å². The minimum absolute atomic E-state index is 0.695. The average Bonchev–Trinajstić information content (AvgIpc) is 3.78. The second kappa shape index (κ2) is 9.36. The molecule has 0 atom stereocenters. The number of thiophene rings is 1. The van der Waals surface area contributed by atoms with Gasteiger partial charge in [-0.05, 0) is 18.2 Å². The Morgan fingerprint density at radius 1 is 0.556 bits per heavy atom. The molecule has 0 spiro atoms. The van der Waals surface area contributed by atoms with E-state index < -0.39 is 0 Å². The van der Waals surface area contributed by atoms with Gasteiger partial charge in [0.1, 0.15) is 17.0 Å². The first-order valence-corrected chi connectivity index (χ1v) is 15.8.